The van der Waals surface area contributed by atoms with Crippen LogP contribution in [0.15, 0.2) is 54.2 Å². The maximum absolute atomic E-state index is 5.46. The molecular weight excluding hydrogens is 446 g/mol. The lowest BCUT2D eigenvalue weighted by Gasteiger charge is -2.07. The van der Waals surface area contributed by atoms with Crippen molar-refractivity contribution in [1.82, 2.24) is 29.1 Å². The summed E-state index contributed by atoms with van der Waals surface area (Å²) in [6.07, 6.45) is 6.88. The van der Waals surface area contributed by atoms with E-state index < -0.39 is 0 Å². The van der Waals surface area contributed by atoms with Gasteiger partial charge in [-0.3, -0.25) is 4.98 Å². The summed E-state index contributed by atoms with van der Waals surface area (Å²) in [5.41, 5.74) is 5.85. The average Bonchev–Trinajstić information content (AvgIpc) is 3.41. The van der Waals surface area contributed by atoms with Crippen molar-refractivity contribution < 1.29 is 14.3 Å². The second kappa shape index (κ2) is 9.41. The molecule has 10 nitrogen and oxygen atoms in total. The SMILES string of the molecule is COc1ccc(/C=N\OCc2nc3c4c(C)c(C)n(Cc5ccncc5)c4ncn3n2)cc1OC. The number of nitrogens with zero attached hydrogens (tertiary/aromatic N) is 7. The second-order valence-electron chi connectivity index (χ2n) is 8.01. The minimum Gasteiger partial charge on any atom is -0.493 e. The highest BCUT2D eigenvalue weighted by molar-refractivity contribution is 5.94. The molecule has 0 saturated carbocycles. The van der Waals surface area contributed by atoms with Crippen LogP contribution in [0.2, 0.25) is 0 Å². The lowest BCUT2D eigenvalue weighted by atomic mass is 10.2. The predicted octanol–water partition coefficient (Wildman–Crippen LogP) is 3.71. The van der Waals surface area contributed by atoms with Crippen LogP contribution in [-0.4, -0.2) is 49.6 Å². The van der Waals surface area contributed by atoms with Gasteiger partial charge in [-0.15, -0.1) is 5.10 Å². The number of methoxy groups -OCH3 is 2. The summed E-state index contributed by atoms with van der Waals surface area (Å²) in [7, 11) is 3.19. The van der Waals surface area contributed by atoms with Crippen molar-refractivity contribution in [2.24, 2.45) is 5.16 Å². The Labute approximate surface area is 201 Å². The number of ether oxygens (including phenoxy) is 2. The van der Waals surface area contributed by atoms with Crippen molar-refractivity contribution in [1.29, 1.82) is 0 Å². The van der Waals surface area contributed by atoms with Gasteiger partial charge in [-0.05, 0) is 55.3 Å². The molecule has 0 saturated heterocycles. The third-order valence-corrected chi connectivity index (χ3v) is 5.96. The monoisotopic (exact) mass is 471 g/mol. The molecule has 0 fully saturated rings. The van der Waals surface area contributed by atoms with Crippen LogP contribution in [0.4, 0.5) is 0 Å². The van der Waals surface area contributed by atoms with Crippen molar-refractivity contribution >= 4 is 22.9 Å². The Morgan fingerprint density at radius 1 is 1.00 bits per heavy atom. The molecule has 0 atom stereocenters. The summed E-state index contributed by atoms with van der Waals surface area (Å²) < 4.78 is 14.4. The summed E-state index contributed by atoms with van der Waals surface area (Å²) in [6.45, 7) is 5.01. The summed E-state index contributed by atoms with van der Waals surface area (Å²) in [4.78, 5) is 19.0. The molecule has 0 amide bonds. The first-order chi connectivity index (χ1) is 17.1. The Morgan fingerprint density at radius 2 is 1.80 bits per heavy atom. The Kier molecular flexibility index (Phi) is 6.01. The van der Waals surface area contributed by atoms with Gasteiger partial charge in [0.25, 0.3) is 0 Å². The van der Waals surface area contributed by atoms with Crippen molar-refractivity contribution in [2.75, 3.05) is 14.2 Å². The number of aryl methyl sites for hydroxylation is 1. The third-order valence-electron chi connectivity index (χ3n) is 5.96. The van der Waals surface area contributed by atoms with E-state index in [1.54, 1.807) is 43.7 Å². The van der Waals surface area contributed by atoms with E-state index in [1.807, 2.05) is 30.3 Å². The number of benzene rings is 1. The molecule has 10 heteroatoms. The number of oxime groups is 1. The van der Waals surface area contributed by atoms with Crippen molar-refractivity contribution in [2.45, 2.75) is 27.0 Å². The Balaban J connectivity index is 1.37. The molecule has 1 aromatic carbocycles. The molecule has 4 heterocycles. The van der Waals surface area contributed by atoms with Gasteiger partial charge < -0.3 is 18.9 Å². The van der Waals surface area contributed by atoms with Crippen molar-refractivity contribution in [3.05, 3.63) is 77.3 Å². The standard InChI is InChI=1S/C25H25N7O3/c1-16-17(2)31(13-18-7-9-26-10-8-18)24-23(16)25-29-22(30-32(25)15-27-24)14-35-28-12-19-5-6-20(33-3)21(11-19)34-4/h5-12,15H,13-14H2,1-4H3/b28-12-. The smallest absolute Gasteiger partial charge is 0.192 e. The number of hydrogen-bond acceptors (Lipinski definition) is 8. The highest BCUT2D eigenvalue weighted by atomic mass is 16.6. The van der Waals surface area contributed by atoms with Gasteiger partial charge >= 0.3 is 0 Å². The number of rotatable bonds is 8. The van der Waals surface area contributed by atoms with E-state index in [4.69, 9.17) is 19.3 Å². The molecule has 0 aliphatic rings. The minimum atomic E-state index is 0.128. The summed E-state index contributed by atoms with van der Waals surface area (Å²) >= 11 is 0. The van der Waals surface area contributed by atoms with E-state index >= 15 is 0 Å². The Morgan fingerprint density at radius 3 is 2.57 bits per heavy atom. The van der Waals surface area contributed by atoms with E-state index in [9.17, 15) is 0 Å². The molecule has 0 aliphatic heterocycles. The molecule has 5 rings (SSSR count). The third kappa shape index (κ3) is 4.25. The first-order valence-electron chi connectivity index (χ1n) is 11.0. The molecular formula is C25H25N7O3. The summed E-state index contributed by atoms with van der Waals surface area (Å²) in [5, 5.41) is 9.54. The van der Waals surface area contributed by atoms with Gasteiger partial charge in [-0.2, -0.15) is 0 Å². The van der Waals surface area contributed by atoms with Gasteiger partial charge in [0.05, 0.1) is 25.8 Å². The predicted molar refractivity (Wildman–Crippen MR) is 131 cm³/mol. The maximum Gasteiger partial charge on any atom is 0.192 e. The fraction of sp³-hybridized carbons (Fsp3) is 0.240. The normalized spacial score (nSPS) is 11.5. The fourth-order valence-corrected chi connectivity index (χ4v) is 4.03. The molecule has 5 aromatic rings. The maximum atomic E-state index is 5.46. The van der Waals surface area contributed by atoms with Crippen LogP contribution in [0.1, 0.15) is 28.2 Å². The summed E-state index contributed by atoms with van der Waals surface area (Å²) in [5.74, 6) is 1.79. The quantitative estimate of drug-likeness (QED) is 0.251. The number of aromatic nitrogens is 6. The first kappa shape index (κ1) is 22.3. The van der Waals surface area contributed by atoms with Crippen LogP contribution in [0.25, 0.3) is 16.7 Å². The van der Waals surface area contributed by atoms with E-state index in [0.717, 1.165) is 39.1 Å². The molecule has 0 N–H and O–H groups in total. The molecule has 178 valence electrons. The van der Waals surface area contributed by atoms with Crippen LogP contribution in [0.3, 0.4) is 0 Å². The zero-order valence-electron chi connectivity index (χ0n) is 20.0. The van der Waals surface area contributed by atoms with Crippen LogP contribution in [-0.2, 0) is 18.0 Å². The zero-order valence-corrected chi connectivity index (χ0v) is 20.0. The average molecular weight is 472 g/mol. The molecule has 0 aliphatic carbocycles. The molecule has 0 unspecified atom stereocenters. The molecule has 0 radical (unpaired) electrons. The van der Waals surface area contributed by atoms with Crippen LogP contribution in [0.5, 0.6) is 11.5 Å². The highest BCUT2D eigenvalue weighted by Gasteiger charge is 2.18. The van der Waals surface area contributed by atoms with Gasteiger partial charge in [0.15, 0.2) is 29.6 Å². The summed E-state index contributed by atoms with van der Waals surface area (Å²) in [6, 6.07) is 9.51. The lowest BCUT2D eigenvalue weighted by molar-refractivity contribution is 0.126. The fourth-order valence-electron chi connectivity index (χ4n) is 4.03. The zero-order chi connectivity index (χ0) is 24.4. The highest BCUT2D eigenvalue weighted by Crippen LogP contribution is 2.28. The lowest BCUT2D eigenvalue weighted by Crippen LogP contribution is -2.03. The van der Waals surface area contributed by atoms with Crippen LogP contribution in [0, 0.1) is 13.8 Å². The van der Waals surface area contributed by atoms with Crippen molar-refractivity contribution in [3.63, 3.8) is 0 Å². The van der Waals surface area contributed by atoms with Crippen LogP contribution < -0.4 is 9.47 Å². The largest absolute Gasteiger partial charge is 0.493 e. The van der Waals surface area contributed by atoms with E-state index in [2.05, 4.69) is 38.6 Å². The van der Waals surface area contributed by atoms with Crippen LogP contribution >= 0.6 is 0 Å². The van der Waals surface area contributed by atoms with Gasteiger partial charge in [-0.25, -0.2) is 14.5 Å². The van der Waals surface area contributed by atoms with E-state index in [0.29, 0.717) is 23.9 Å². The molecule has 0 bridgehead atoms. The minimum absolute atomic E-state index is 0.128. The number of hydrogen-bond donors (Lipinski definition) is 0. The second-order valence-corrected chi connectivity index (χ2v) is 8.01. The molecule has 35 heavy (non-hydrogen) atoms. The topological polar surface area (TPSA) is 101 Å². The Bertz CT molecular complexity index is 1520. The van der Waals surface area contributed by atoms with Crippen molar-refractivity contribution in [3.8, 4) is 11.5 Å². The molecule has 0 spiro atoms. The van der Waals surface area contributed by atoms with E-state index in [1.165, 1.54) is 0 Å². The van der Waals surface area contributed by atoms with Gasteiger partial charge in [-0.1, -0.05) is 5.16 Å². The van der Waals surface area contributed by atoms with Gasteiger partial charge in [0.2, 0.25) is 0 Å². The molecule has 4 aromatic heterocycles. The van der Waals surface area contributed by atoms with E-state index in [-0.39, 0.29) is 6.61 Å². The van der Waals surface area contributed by atoms with Gasteiger partial charge in [0.1, 0.15) is 12.0 Å². The van der Waals surface area contributed by atoms with Gasteiger partial charge in [0, 0.05) is 30.2 Å². The Hall–Kier alpha value is -4.47. The first-order valence-corrected chi connectivity index (χ1v) is 11.0. The number of fused-ring (bicyclic) bond motifs is 3. The number of pyridine rings is 1.